The van der Waals surface area contributed by atoms with E-state index in [4.69, 9.17) is 0 Å². The van der Waals surface area contributed by atoms with Gasteiger partial charge in [0.1, 0.15) is 0 Å². The van der Waals surface area contributed by atoms with Gasteiger partial charge in [0.05, 0.1) is 5.56 Å². The van der Waals surface area contributed by atoms with Crippen LogP contribution in [-0.2, 0) is 6.18 Å². The van der Waals surface area contributed by atoms with Gasteiger partial charge in [-0.15, -0.1) is 0 Å². The van der Waals surface area contributed by atoms with Crippen molar-refractivity contribution in [2.45, 2.75) is 20.0 Å². The summed E-state index contributed by atoms with van der Waals surface area (Å²) < 4.78 is 40.5. The van der Waals surface area contributed by atoms with Gasteiger partial charge in [-0.1, -0.05) is 23.8 Å². The minimum Gasteiger partial charge on any atom is -0.355 e. The van der Waals surface area contributed by atoms with Crippen LogP contribution < -0.4 is 10.6 Å². The molecule has 0 aliphatic heterocycles. The smallest absolute Gasteiger partial charge is 0.355 e. The van der Waals surface area contributed by atoms with Crippen molar-refractivity contribution in [1.82, 2.24) is 5.32 Å². The van der Waals surface area contributed by atoms with Crippen molar-refractivity contribution in [3.63, 3.8) is 0 Å². The average molecular weight is 426 g/mol. The first-order valence-electron chi connectivity index (χ1n) is 9.52. The predicted octanol–water partition coefficient (Wildman–Crippen LogP) is 5.60. The highest BCUT2D eigenvalue weighted by atomic mass is 19.4. The predicted molar refractivity (Wildman–Crippen MR) is 114 cm³/mol. The number of aryl methyl sites for hydroxylation is 2. The largest absolute Gasteiger partial charge is 0.417 e. The van der Waals surface area contributed by atoms with Gasteiger partial charge in [0, 0.05) is 23.9 Å². The summed E-state index contributed by atoms with van der Waals surface area (Å²) in [6, 6.07) is 15.1. The molecule has 3 aromatic rings. The van der Waals surface area contributed by atoms with Crippen LogP contribution in [0.2, 0.25) is 0 Å². The second-order valence-corrected chi connectivity index (χ2v) is 7.19. The molecule has 0 unspecified atom stereocenters. The number of carbonyl (C=O) groups excluding carboxylic acids is 2. The SMILES string of the molecule is CNC(=O)c1ccc(C(=O)Nc2ccc(-c3ccc(C)cc3C(F)(F)F)c(C)c2)cc1. The molecule has 2 N–H and O–H groups in total. The van der Waals surface area contributed by atoms with E-state index in [-0.39, 0.29) is 17.4 Å². The van der Waals surface area contributed by atoms with Crippen LogP contribution in [0.1, 0.15) is 37.4 Å². The van der Waals surface area contributed by atoms with Crippen LogP contribution in [0.3, 0.4) is 0 Å². The van der Waals surface area contributed by atoms with Gasteiger partial charge in [0.2, 0.25) is 0 Å². The number of amides is 2. The van der Waals surface area contributed by atoms with Crippen LogP contribution in [0.5, 0.6) is 0 Å². The summed E-state index contributed by atoms with van der Waals surface area (Å²) in [6.07, 6.45) is -4.47. The van der Waals surface area contributed by atoms with E-state index in [2.05, 4.69) is 10.6 Å². The third kappa shape index (κ3) is 4.94. The minimum absolute atomic E-state index is 0.0956. The summed E-state index contributed by atoms with van der Waals surface area (Å²) >= 11 is 0. The standard InChI is InChI=1S/C24H21F3N2O2/c1-14-4-10-20(21(12-14)24(25,26)27)19-11-9-18(13-15(19)2)29-23(31)17-7-5-16(6-8-17)22(30)28-3/h4-13H,1-3H3,(H,28,30)(H,29,31). The zero-order valence-corrected chi connectivity index (χ0v) is 17.2. The topological polar surface area (TPSA) is 58.2 Å². The van der Waals surface area contributed by atoms with Gasteiger partial charge in [0.25, 0.3) is 11.8 Å². The van der Waals surface area contributed by atoms with E-state index < -0.39 is 11.7 Å². The molecule has 0 saturated heterocycles. The Labute approximate surface area is 178 Å². The van der Waals surface area contributed by atoms with Gasteiger partial charge in [-0.3, -0.25) is 9.59 Å². The van der Waals surface area contributed by atoms with Crippen LogP contribution in [-0.4, -0.2) is 18.9 Å². The summed E-state index contributed by atoms with van der Waals surface area (Å²) in [4.78, 5) is 24.1. The molecular formula is C24H21F3N2O2. The molecule has 3 rings (SSSR count). The maximum Gasteiger partial charge on any atom is 0.417 e. The van der Waals surface area contributed by atoms with Crippen molar-refractivity contribution in [2.24, 2.45) is 0 Å². The Balaban J connectivity index is 1.85. The second kappa shape index (κ2) is 8.63. The molecule has 0 radical (unpaired) electrons. The molecule has 0 aromatic heterocycles. The van der Waals surface area contributed by atoms with E-state index in [1.807, 2.05) is 0 Å². The summed E-state index contributed by atoms with van der Waals surface area (Å²) in [5.41, 5.74) is 2.22. The lowest BCUT2D eigenvalue weighted by Gasteiger charge is -2.16. The quantitative estimate of drug-likeness (QED) is 0.571. The van der Waals surface area contributed by atoms with Crippen LogP contribution >= 0.6 is 0 Å². The van der Waals surface area contributed by atoms with E-state index in [0.29, 0.717) is 33.5 Å². The third-order valence-corrected chi connectivity index (χ3v) is 4.89. The van der Waals surface area contributed by atoms with Gasteiger partial charge in [-0.2, -0.15) is 13.2 Å². The van der Waals surface area contributed by atoms with Gasteiger partial charge in [-0.25, -0.2) is 0 Å². The lowest BCUT2D eigenvalue weighted by molar-refractivity contribution is -0.137. The van der Waals surface area contributed by atoms with Crippen LogP contribution in [0.4, 0.5) is 18.9 Å². The first kappa shape index (κ1) is 22.1. The Kier molecular flexibility index (Phi) is 6.15. The van der Waals surface area contributed by atoms with Gasteiger partial charge in [0.15, 0.2) is 0 Å². The van der Waals surface area contributed by atoms with Crippen molar-refractivity contribution in [1.29, 1.82) is 0 Å². The molecule has 0 saturated carbocycles. The summed E-state index contributed by atoms with van der Waals surface area (Å²) in [5, 5.41) is 5.23. The van der Waals surface area contributed by atoms with Crippen molar-refractivity contribution >= 4 is 17.5 Å². The number of carbonyl (C=O) groups is 2. The maximum absolute atomic E-state index is 13.5. The number of rotatable bonds is 4. The summed E-state index contributed by atoms with van der Waals surface area (Å²) in [5.74, 6) is -0.644. The molecule has 4 nitrogen and oxygen atoms in total. The molecule has 0 spiro atoms. The highest BCUT2D eigenvalue weighted by molar-refractivity contribution is 6.05. The summed E-state index contributed by atoms with van der Waals surface area (Å²) in [6.45, 7) is 3.31. The molecule has 3 aromatic carbocycles. The number of hydrogen-bond acceptors (Lipinski definition) is 2. The highest BCUT2D eigenvalue weighted by Crippen LogP contribution is 2.39. The molecule has 2 amide bonds. The minimum atomic E-state index is -4.47. The molecule has 0 heterocycles. The molecule has 0 aliphatic carbocycles. The van der Waals surface area contributed by atoms with Crippen LogP contribution in [0, 0.1) is 13.8 Å². The number of benzene rings is 3. The van der Waals surface area contributed by atoms with Crippen molar-refractivity contribution < 1.29 is 22.8 Å². The van der Waals surface area contributed by atoms with Crippen molar-refractivity contribution in [3.05, 3.63) is 88.5 Å². The Hall–Kier alpha value is -3.61. The van der Waals surface area contributed by atoms with Crippen molar-refractivity contribution in [2.75, 3.05) is 12.4 Å². The zero-order valence-electron chi connectivity index (χ0n) is 17.2. The number of hydrogen-bond donors (Lipinski definition) is 2. The lowest BCUT2D eigenvalue weighted by atomic mass is 9.94. The average Bonchev–Trinajstić information content (AvgIpc) is 2.73. The number of halogens is 3. The van der Waals surface area contributed by atoms with Gasteiger partial charge in [-0.05, 0) is 73.0 Å². The Morgan fingerprint density at radius 3 is 1.90 bits per heavy atom. The fourth-order valence-corrected chi connectivity index (χ4v) is 3.29. The molecule has 7 heteroatoms. The number of nitrogens with one attached hydrogen (secondary N) is 2. The van der Waals surface area contributed by atoms with Crippen LogP contribution in [0.15, 0.2) is 60.7 Å². The van der Waals surface area contributed by atoms with Crippen molar-refractivity contribution in [3.8, 4) is 11.1 Å². The Morgan fingerprint density at radius 1 is 0.774 bits per heavy atom. The highest BCUT2D eigenvalue weighted by Gasteiger charge is 2.34. The fourth-order valence-electron chi connectivity index (χ4n) is 3.29. The van der Waals surface area contributed by atoms with Crippen LogP contribution in [0.25, 0.3) is 11.1 Å². The second-order valence-electron chi connectivity index (χ2n) is 7.19. The van der Waals surface area contributed by atoms with E-state index in [1.165, 1.54) is 37.4 Å². The summed E-state index contributed by atoms with van der Waals surface area (Å²) in [7, 11) is 1.52. The lowest BCUT2D eigenvalue weighted by Crippen LogP contribution is -2.18. The zero-order chi connectivity index (χ0) is 22.8. The van der Waals surface area contributed by atoms with E-state index in [0.717, 1.165) is 6.07 Å². The fraction of sp³-hybridized carbons (Fsp3) is 0.167. The van der Waals surface area contributed by atoms with Gasteiger partial charge >= 0.3 is 6.18 Å². The maximum atomic E-state index is 13.5. The first-order chi connectivity index (χ1) is 14.6. The molecule has 0 bridgehead atoms. The molecule has 0 fully saturated rings. The van der Waals surface area contributed by atoms with E-state index in [1.54, 1.807) is 38.1 Å². The first-order valence-corrected chi connectivity index (χ1v) is 9.52. The molecule has 160 valence electrons. The number of anilines is 1. The molecule has 0 aliphatic rings. The van der Waals surface area contributed by atoms with E-state index in [9.17, 15) is 22.8 Å². The molecule has 31 heavy (non-hydrogen) atoms. The Morgan fingerprint density at radius 2 is 1.35 bits per heavy atom. The monoisotopic (exact) mass is 426 g/mol. The number of alkyl halides is 3. The normalized spacial score (nSPS) is 11.2. The molecular weight excluding hydrogens is 405 g/mol. The van der Waals surface area contributed by atoms with E-state index >= 15 is 0 Å². The third-order valence-electron chi connectivity index (χ3n) is 4.89. The Bertz CT molecular complexity index is 1140. The molecule has 0 atom stereocenters. The van der Waals surface area contributed by atoms with Gasteiger partial charge < -0.3 is 10.6 Å².